The quantitative estimate of drug-likeness (QED) is 0.484. The number of ether oxygens (including phenoxy) is 1. The van der Waals surface area contributed by atoms with Crippen LogP contribution in [0.2, 0.25) is 0 Å². The van der Waals surface area contributed by atoms with Gasteiger partial charge in [-0.3, -0.25) is 4.99 Å². The van der Waals surface area contributed by atoms with Gasteiger partial charge < -0.3 is 20.7 Å². The molecule has 0 aliphatic carbocycles. The number of benzene rings is 1. The van der Waals surface area contributed by atoms with Crippen molar-refractivity contribution in [3.05, 3.63) is 36.0 Å². The summed E-state index contributed by atoms with van der Waals surface area (Å²) in [7, 11) is 0. The summed E-state index contributed by atoms with van der Waals surface area (Å²) in [6.07, 6.45) is 1.87. The first-order valence-corrected chi connectivity index (χ1v) is 13.2. The van der Waals surface area contributed by atoms with E-state index in [1.54, 1.807) is 0 Å². The van der Waals surface area contributed by atoms with Crippen molar-refractivity contribution in [1.29, 1.82) is 0 Å². The maximum atomic E-state index is 12.6. The number of aromatic nitrogens is 2. The largest absolute Gasteiger partial charge is 0.491 e. The molecule has 4 heterocycles. The van der Waals surface area contributed by atoms with Crippen LogP contribution in [0.25, 0.3) is 21.5 Å². The minimum atomic E-state index is -0.408. The van der Waals surface area contributed by atoms with E-state index in [9.17, 15) is 4.39 Å². The molecule has 190 valence electrons. The Morgan fingerprint density at radius 2 is 2.14 bits per heavy atom. The molecule has 36 heavy (non-hydrogen) atoms. The molecule has 0 spiro atoms. The smallest absolute Gasteiger partial charge is 0.182 e. The normalized spacial score (nSPS) is 20.1. The van der Waals surface area contributed by atoms with Gasteiger partial charge in [0.15, 0.2) is 5.13 Å². The molecule has 3 aromatic rings. The van der Waals surface area contributed by atoms with Crippen molar-refractivity contribution in [3.63, 3.8) is 0 Å². The van der Waals surface area contributed by atoms with Crippen molar-refractivity contribution in [1.82, 2.24) is 20.2 Å². The van der Waals surface area contributed by atoms with Gasteiger partial charge in [0.2, 0.25) is 0 Å². The molecule has 2 aliphatic heterocycles. The molecule has 10 heteroatoms. The zero-order chi connectivity index (χ0) is 25.2. The maximum absolute atomic E-state index is 12.6. The number of hydrogen-bond acceptors (Lipinski definition) is 9. The molecule has 2 atom stereocenters. The molecule has 0 amide bonds. The molecule has 0 saturated heterocycles. The lowest BCUT2D eigenvalue weighted by atomic mass is 9.86. The number of thiazole rings is 1. The summed E-state index contributed by atoms with van der Waals surface area (Å²) in [4.78, 5) is 21.9. The topological polar surface area (TPSA) is 101 Å². The number of aliphatic imine (C=N–C) groups is 2. The van der Waals surface area contributed by atoms with Crippen molar-refractivity contribution < 1.29 is 9.13 Å². The summed E-state index contributed by atoms with van der Waals surface area (Å²) < 4.78 is 18.7. The van der Waals surface area contributed by atoms with Gasteiger partial charge in [-0.15, -0.1) is 0 Å². The van der Waals surface area contributed by atoms with Crippen molar-refractivity contribution in [2.24, 2.45) is 21.8 Å². The number of nitrogens with two attached hydrogens (primary N) is 1. The van der Waals surface area contributed by atoms with Crippen LogP contribution in [0.15, 0.2) is 40.4 Å². The number of hydrogen-bond donors (Lipinski definition) is 2. The first-order chi connectivity index (χ1) is 17.4. The summed E-state index contributed by atoms with van der Waals surface area (Å²) in [6.45, 7) is 8.91. The number of alkyl halides is 1. The minimum absolute atomic E-state index is 0.0954. The number of amidine groups is 2. The van der Waals surface area contributed by atoms with E-state index in [0.717, 1.165) is 51.0 Å². The summed E-state index contributed by atoms with van der Waals surface area (Å²) in [5, 5.41) is 3.61. The van der Waals surface area contributed by atoms with Gasteiger partial charge in [-0.25, -0.2) is 19.4 Å². The highest BCUT2D eigenvalue weighted by molar-refractivity contribution is 7.21. The number of pyridine rings is 1. The van der Waals surface area contributed by atoms with Crippen LogP contribution in [0.1, 0.15) is 26.3 Å². The first kappa shape index (κ1) is 24.6. The highest BCUT2D eigenvalue weighted by Gasteiger charge is 2.34. The van der Waals surface area contributed by atoms with Crippen molar-refractivity contribution >= 4 is 38.5 Å². The number of fused-ring (bicyclic) bond motifs is 2. The molecule has 1 aromatic carbocycles. The average molecular weight is 510 g/mol. The Hall–Kier alpha value is -3.11. The predicted molar refractivity (Wildman–Crippen MR) is 145 cm³/mol. The Bertz CT molecular complexity index is 1300. The standard InChI is InChI=1S/C26H32FN7OS/c1-15(2)23-16(3)31-22(13-29-7-6-27)33-24(23)34-8-9-35-21-5-4-17(10-19(21)14-34)18-11-20-25(30-12-18)36-26(28)32-20/h4-5,10-12,15-16,23,29H,6-9,13-14H2,1-3H3,(H2,28,32). The fourth-order valence-electron chi connectivity index (χ4n) is 5.02. The summed E-state index contributed by atoms with van der Waals surface area (Å²) in [5.74, 6) is 3.22. The van der Waals surface area contributed by atoms with E-state index < -0.39 is 6.67 Å². The van der Waals surface area contributed by atoms with E-state index in [-0.39, 0.29) is 12.0 Å². The monoisotopic (exact) mass is 509 g/mol. The molecule has 5 rings (SSSR count). The van der Waals surface area contributed by atoms with Crippen molar-refractivity contribution in [2.45, 2.75) is 33.4 Å². The van der Waals surface area contributed by atoms with Gasteiger partial charge in [0.25, 0.3) is 0 Å². The molecular weight excluding hydrogens is 477 g/mol. The molecule has 0 saturated carbocycles. The molecule has 2 aliphatic rings. The van der Waals surface area contributed by atoms with Crippen LogP contribution in [-0.2, 0) is 6.54 Å². The van der Waals surface area contributed by atoms with Gasteiger partial charge in [0.1, 0.15) is 41.0 Å². The second kappa shape index (κ2) is 10.5. The van der Waals surface area contributed by atoms with Crippen LogP contribution in [-0.4, -0.2) is 65.5 Å². The van der Waals surface area contributed by atoms with Gasteiger partial charge in [-0.1, -0.05) is 31.3 Å². The van der Waals surface area contributed by atoms with Crippen molar-refractivity contribution in [2.75, 3.05) is 38.6 Å². The van der Waals surface area contributed by atoms with Crippen LogP contribution >= 0.6 is 11.3 Å². The SMILES string of the molecule is CC(C)C1C(N2CCOc3ccc(-c4cnc5sc(N)nc5c4)cc3C2)=NC(CNCCF)=NC1C. The van der Waals surface area contributed by atoms with Crippen LogP contribution < -0.4 is 15.8 Å². The third-order valence-corrected chi connectivity index (χ3v) is 7.46. The number of halogens is 1. The lowest BCUT2D eigenvalue weighted by Gasteiger charge is -2.36. The number of nitrogens with one attached hydrogen (secondary N) is 1. The third kappa shape index (κ3) is 5.05. The van der Waals surface area contributed by atoms with Crippen LogP contribution in [0.3, 0.4) is 0 Å². The summed E-state index contributed by atoms with van der Waals surface area (Å²) in [6, 6.07) is 8.39. The number of rotatable bonds is 6. The Balaban J connectivity index is 1.45. The molecule has 0 radical (unpaired) electrons. The Kier molecular flexibility index (Phi) is 7.15. The lowest BCUT2D eigenvalue weighted by molar-refractivity contribution is 0.274. The summed E-state index contributed by atoms with van der Waals surface area (Å²) in [5.41, 5.74) is 9.81. The highest BCUT2D eigenvalue weighted by atomic mass is 32.1. The second-order valence-electron chi connectivity index (χ2n) is 9.58. The zero-order valence-corrected chi connectivity index (χ0v) is 21.7. The Labute approximate surface area is 214 Å². The third-order valence-electron chi connectivity index (χ3n) is 6.65. The zero-order valence-electron chi connectivity index (χ0n) is 20.9. The molecule has 3 N–H and O–H groups in total. The van der Waals surface area contributed by atoms with Gasteiger partial charge in [-0.2, -0.15) is 0 Å². The molecule has 0 bridgehead atoms. The maximum Gasteiger partial charge on any atom is 0.182 e. The van der Waals surface area contributed by atoms with E-state index >= 15 is 0 Å². The van der Waals surface area contributed by atoms with E-state index in [1.165, 1.54) is 11.3 Å². The predicted octanol–water partition coefficient (Wildman–Crippen LogP) is 4.17. The van der Waals surface area contributed by atoms with Crippen LogP contribution in [0.4, 0.5) is 9.52 Å². The van der Waals surface area contributed by atoms with E-state index in [1.807, 2.05) is 18.3 Å². The van der Waals surface area contributed by atoms with Crippen molar-refractivity contribution in [3.8, 4) is 16.9 Å². The Morgan fingerprint density at radius 1 is 1.28 bits per heavy atom. The molecule has 2 unspecified atom stereocenters. The van der Waals surface area contributed by atoms with E-state index in [2.05, 4.69) is 53.1 Å². The number of nitrogens with zero attached hydrogens (tertiary/aromatic N) is 5. The lowest BCUT2D eigenvalue weighted by Crippen LogP contribution is -2.46. The fourth-order valence-corrected chi connectivity index (χ4v) is 5.68. The van der Waals surface area contributed by atoms with Crippen LogP contribution in [0.5, 0.6) is 5.75 Å². The first-order valence-electron chi connectivity index (χ1n) is 12.4. The highest BCUT2D eigenvalue weighted by Crippen LogP contribution is 2.33. The minimum Gasteiger partial charge on any atom is -0.491 e. The second-order valence-corrected chi connectivity index (χ2v) is 10.6. The molecule has 8 nitrogen and oxygen atoms in total. The van der Waals surface area contributed by atoms with Gasteiger partial charge >= 0.3 is 0 Å². The Morgan fingerprint density at radius 3 is 2.94 bits per heavy atom. The number of nitrogen functional groups attached to an aromatic ring is 1. The number of anilines is 1. The average Bonchev–Trinajstić information content (AvgIpc) is 3.09. The van der Waals surface area contributed by atoms with Gasteiger partial charge in [0.05, 0.1) is 19.1 Å². The molecule has 2 aromatic heterocycles. The fraction of sp³-hybridized carbons (Fsp3) is 0.462. The van der Waals surface area contributed by atoms with E-state index in [0.29, 0.717) is 37.3 Å². The van der Waals surface area contributed by atoms with Crippen LogP contribution in [0, 0.1) is 11.8 Å². The molecular formula is C26H32FN7OS. The van der Waals surface area contributed by atoms with Gasteiger partial charge in [0, 0.05) is 36.3 Å². The summed E-state index contributed by atoms with van der Waals surface area (Å²) >= 11 is 1.39. The van der Waals surface area contributed by atoms with E-state index in [4.69, 9.17) is 20.5 Å². The van der Waals surface area contributed by atoms with Gasteiger partial charge in [-0.05, 0) is 36.6 Å². The molecule has 0 fully saturated rings.